The molecule has 8 heteroatoms. The Labute approximate surface area is 188 Å². The Balaban J connectivity index is 1.34. The highest BCUT2D eigenvalue weighted by atomic mass is 32.2. The Kier molecular flexibility index (Phi) is 6.64. The van der Waals surface area contributed by atoms with Crippen molar-refractivity contribution in [3.05, 3.63) is 66.4 Å². The number of sulfonamides is 1. The van der Waals surface area contributed by atoms with Crippen molar-refractivity contribution in [2.75, 3.05) is 6.61 Å². The smallest absolute Gasteiger partial charge is 0.240 e. The minimum atomic E-state index is -3.63. The lowest BCUT2D eigenvalue weighted by molar-refractivity contribution is -0.127. The molecule has 3 aromatic rings. The van der Waals surface area contributed by atoms with Crippen molar-refractivity contribution < 1.29 is 18.3 Å². The molecule has 0 unspecified atom stereocenters. The number of benzene rings is 2. The molecular formula is C24H29N3O4S. The number of hydrogen-bond acceptors (Lipinski definition) is 4. The van der Waals surface area contributed by atoms with Gasteiger partial charge in [-0.05, 0) is 55.5 Å². The second-order valence-corrected chi connectivity index (χ2v) is 10.2. The van der Waals surface area contributed by atoms with Gasteiger partial charge < -0.3 is 15.0 Å². The van der Waals surface area contributed by atoms with Gasteiger partial charge in [-0.15, -0.1) is 0 Å². The largest absolute Gasteiger partial charge is 0.394 e. The summed E-state index contributed by atoms with van der Waals surface area (Å²) in [6.07, 6.45) is 4.30. The van der Waals surface area contributed by atoms with Gasteiger partial charge in [-0.3, -0.25) is 4.79 Å². The van der Waals surface area contributed by atoms with Gasteiger partial charge in [0.2, 0.25) is 15.9 Å². The average molecular weight is 456 g/mol. The molecule has 0 aliphatic heterocycles. The van der Waals surface area contributed by atoms with E-state index in [4.69, 9.17) is 0 Å². The minimum absolute atomic E-state index is 0.0938. The number of rotatable bonds is 7. The van der Waals surface area contributed by atoms with Crippen LogP contribution in [-0.2, 0) is 21.9 Å². The number of carbonyl (C=O) groups is 1. The summed E-state index contributed by atoms with van der Waals surface area (Å²) in [4.78, 5) is 13.0. The summed E-state index contributed by atoms with van der Waals surface area (Å²) in [5, 5.41) is 13.5. The lowest BCUT2D eigenvalue weighted by Gasteiger charge is -2.29. The maximum Gasteiger partial charge on any atom is 0.240 e. The van der Waals surface area contributed by atoms with Crippen molar-refractivity contribution in [2.24, 2.45) is 13.0 Å². The van der Waals surface area contributed by atoms with Crippen molar-refractivity contribution in [3.63, 3.8) is 0 Å². The van der Waals surface area contributed by atoms with Crippen LogP contribution in [0, 0.1) is 5.92 Å². The molecule has 1 amide bonds. The van der Waals surface area contributed by atoms with E-state index >= 15 is 0 Å². The summed E-state index contributed by atoms with van der Waals surface area (Å²) in [6.45, 7) is -0.170. The first kappa shape index (κ1) is 22.5. The van der Waals surface area contributed by atoms with Crippen LogP contribution in [0.5, 0.6) is 0 Å². The molecule has 0 spiro atoms. The van der Waals surface area contributed by atoms with Gasteiger partial charge in [0, 0.05) is 36.1 Å². The van der Waals surface area contributed by atoms with Crippen molar-refractivity contribution in [1.29, 1.82) is 0 Å². The lowest BCUT2D eigenvalue weighted by Crippen LogP contribution is -2.42. The second kappa shape index (κ2) is 9.44. The van der Waals surface area contributed by atoms with Crippen LogP contribution < -0.4 is 10.0 Å². The first-order valence-corrected chi connectivity index (χ1v) is 12.4. The second-order valence-electron chi connectivity index (χ2n) is 8.47. The van der Waals surface area contributed by atoms with Gasteiger partial charge in [0.1, 0.15) is 0 Å². The minimum Gasteiger partial charge on any atom is -0.394 e. The molecule has 0 radical (unpaired) electrons. The van der Waals surface area contributed by atoms with E-state index in [1.807, 2.05) is 60.3 Å². The van der Waals surface area contributed by atoms with E-state index in [0.717, 1.165) is 16.5 Å². The van der Waals surface area contributed by atoms with Gasteiger partial charge in [0.25, 0.3) is 0 Å². The van der Waals surface area contributed by atoms with Gasteiger partial charge in [-0.25, -0.2) is 13.1 Å². The molecule has 1 aromatic heterocycles. The van der Waals surface area contributed by atoms with Gasteiger partial charge in [-0.1, -0.05) is 30.3 Å². The highest BCUT2D eigenvalue weighted by Gasteiger charge is 2.30. The van der Waals surface area contributed by atoms with Crippen LogP contribution in [0.15, 0.2) is 65.7 Å². The Hall–Kier alpha value is -2.68. The van der Waals surface area contributed by atoms with E-state index in [-0.39, 0.29) is 29.4 Å². The lowest BCUT2D eigenvalue weighted by atomic mass is 9.85. The maximum absolute atomic E-state index is 12.9. The van der Waals surface area contributed by atoms with Crippen molar-refractivity contribution in [1.82, 2.24) is 14.6 Å². The van der Waals surface area contributed by atoms with E-state index in [1.54, 1.807) is 12.1 Å². The zero-order chi connectivity index (χ0) is 22.7. The van der Waals surface area contributed by atoms with E-state index in [1.165, 1.54) is 0 Å². The summed E-state index contributed by atoms with van der Waals surface area (Å²) in [7, 11) is -1.71. The van der Waals surface area contributed by atoms with Crippen LogP contribution in [0.25, 0.3) is 10.9 Å². The number of aliphatic hydroxyl groups excluding tert-OH is 1. The van der Waals surface area contributed by atoms with Crippen molar-refractivity contribution >= 4 is 26.8 Å². The third-order valence-corrected chi connectivity index (χ3v) is 7.81. The summed E-state index contributed by atoms with van der Waals surface area (Å²) < 4.78 is 30.5. The number of fused-ring (bicyclic) bond motifs is 1. The van der Waals surface area contributed by atoms with E-state index in [9.17, 15) is 18.3 Å². The molecule has 1 aliphatic carbocycles. The first-order valence-electron chi connectivity index (χ1n) is 10.9. The maximum atomic E-state index is 12.9. The molecule has 32 heavy (non-hydrogen) atoms. The summed E-state index contributed by atoms with van der Waals surface area (Å²) in [6, 6.07) is 15.8. The fraction of sp³-hybridized carbons (Fsp3) is 0.375. The molecule has 1 saturated carbocycles. The number of hydrogen-bond donors (Lipinski definition) is 3. The van der Waals surface area contributed by atoms with E-state index in [0.29, 0.717) is 25.7 Å². The Bertz CT molecular complexity index is 1180. The van der Waals surface area contributed by atoms with Gasteiger partial charge in [0.05, 0.1) is 17.5 Å². The molecule has 1 aliphatic rings. The van der Waals surface area contributed by atoms with E-state index < -0.39 is 16.1 Å². The topological polar surface area (TPSA) is 100 Å². The summed E-state index contributed by atoms with van der Waals surface area (Å²) >= 11 is 0. The fourth-order valence-electron chi connectivity index (χ4n) is 4.40. The standard InChI is InChI=1S/C24H29N3O4S/c1-27-14-13-19-15-21(11-12-23(19)27)32(30,31)26-20-9-7-18(8-10-20)24(29)25-22(16-28)17-5-3-2-4-6-17/h2-6,11-15,18,20,22,26,28H,7-10,16H2,1H3,(H,25,29)/t18?,20?,22-/m1/s1. The Morgan fingerprint density at radius 3 is 2.50 bits per heavy atom. The molecule has 7 nitrogen and oxygen atoms in total. The molecule has 1 atom stereocenters. The summed E-state index contributed by atoms with van der Waals surface area (Å²) in [5.74, 6) is -0.280. The number of nitrogens with one attached hydrogen (secondary N) is 2. The average Bonchev–Trinajstić information content (AvgIpc) is 3.18. The van der Waals surface area contributed by atoms with Crippen LogP contribution in [0.3, 0.4) is 0 Å². The number of amides is 1. The molecule has 170 valence electrons. The molecule has 4 rings (SSSR count). The zero-order valence-corrected chi connectivity index (χ0v) is 18.9. The van der Waals surface area contributed by atoms with Crippen LogP contribution in [0.2, 0.25) is 0 Å². The highest BCUT2D eigenvalue weighted by Crippen LogP contribution is 2.27. The van der Waals surface area contributed by atoms with Gasteiger partial charge >= 0.3 is 0 Å². The fourth-order valence-corrected chi connectivity index (χ4v) is 5.74. The van der Waals surface area contributed by atoms with Gasteiger partial charge in [0.15, 0.2) is 0 Å². The van der Waals surface area contributed by atoms with E-state index in [2.05, 4.69) is 10.0 Å². The predicted molar refractivity (Wildman–Crippen MR) is 123 cm³/mol. The van der Waals surface area contributed by atoms with Gasteiger partial charge in [-0.2, -0.15) is 0 Å². The Morgan fingerprint density at radius 1 is 1.09 bits per heavy atom. The number of carbonyl (C=O) groups excluding carboxylic acids is 1. The van der Waals surface area contributed by atoms with Crippen LogP contribution >= 0.6 is 0 Å². The monoisotopic (exact) mass is 455 g/mol. The third-order valence-electron chi connectivity index (χ3n) is 6.29. The third kappa shape index (κ3) is 4.87. The molecule has 2 aromatic carbocycles. The summed E-state index contributed by atoms with van der Waals surface area (Å²) in [5.41, 5.74) is 1.84. The number of aryl methyl sites for hydroxylation is 1. The molecule has 0 saturated heterocycles. The molecule has 1 heterocycles. The van der Waals surface area contributed by atoms with Crippen LogP contribution in [-0.4, -0.2) is 36.6 Å². The predicted octanol–water partition coefficient (Wildman–Crippen LogP) is 2.87. The Morgan fingerprint density at radius 2 is 1.81 bits per heavy atom. The van der Waals surface area contributed by atoms with Crippen molar-refractivity contribution in [3.8, 4) is 0 Å². The molecular weight excluding hydrogens is 426 g/mol. The SMILES string of the molecule is Cn1ccc2cc(S(=O)(=O)NC3CCC(C(=O)N[C@H](CO)c4ccccc4)CC3)ccc21. The quantitative estimate of drug-likeness (QED) is 0.510. The molecule has 1 fully saturated rings. The number of aromatic nitrogens is 1. The molecule has 3 N–H and O–H groups in total. The zero-order valence-electron chi connectivity index (χ0n) is 18.1. The first-order chi connectivity index (χ1) is 15.4. The molecule has 0 bridgehead atoms. The normalized spacial score (nSPS) is 20.2. The number of nitrogens with zero attached hydrogens (tertiary/aromatic N) is 1. The van der Waals surface area contributed by atoms with Crippen molar-refractivity contribution in [2.45, 2.75) is 42.7 Å². The van der Waals surface area contributed by atoms with Crippen LogP contribution in [0.1, 0.15) is 37.3 Å². The number of aliphatic hydroxyl groups is 1. The van der Waals surface area contributed by atoms with Crippen LogP contribution in [0.4, 0.5) is 0 Å². The highest BCUT2D eigenvalue weighted by molar-refractivity contribution is 7.89.